The SMILES string of the molecule is CC(C)CC(NC(=O)C(CCC(N)=O)NC(=O)C(N)Cc1cnc[nH]1)C(=O)NC(Cc1ccc(O)cc1)C(=O)O. The molecule has 1 heterocycles. The zero-order chi connectivity index (χ0) is 29.8. The number of carboxylic acids is 1. The van der Waals surface area contributed by atoms with Gasteiger partial charge in [0.05, 0.1) is 12.4 Å². The number of amides is 4. The number of primary amides is 1. The van der Waals surface area contributed by atoms with Crippen molar-refractivity contribution in [2.24, 2.45) is 17.4 Å². The Labute approximate surface area is 231 Å². The van der Waals surface area contributed by atoms with Gasteiger partial charge >= 0.3 is 5.97 Å². The van der Waals surface area contributed by atoms with Gasteiger partial charge in [-0.25, -0.2) is 9.78 Å². The Balaban J connectivity index is 2.14. The standard InChI is InChI=1S/C26H37N7O7/c1-14(2)9-20(25(38)33-21(26(39)40)10-15-3-5-17(34)6-4-15)32-24(37)19(7-8-22(28)35)31-23(36)18(27)11-16-12-29-13-30-16/h3-6,12-14,18-21,34H,7-11,27H2,1-2H3,(H2,28,35)(H,29,30)(H,31,36)(H,32,37)(H,33,38)(H,39,40). The lowest BCUT2D eigenvalue weighted by Gasteiger charge is -2.26. The first kappa shape index (κ1) is 31.8. The largest absolute Gasteiger partial charge is 0.508 e. The van der Waals surface area contributed by atoms with Gasteiger partial charge in [-0.2, -0.15) is 0 Å². The van der Waals surface area contributed by atoms with Crippen molar-refractivity contribution in [3.63, 3.8) is 0 Å². The third-order valence-electron chi connectivity index (χ3n) is 5.97. The Kier molecular flexibility index (Phi) is 12.1. The van der Waals surface area contributed by atoms with E-state index in [1.54, 1.807) is 0 Å². The lowest BCUT2D eigenvalue weighted by molar-refractivity contribution is -0.142. The number of aromatic nitrogens is 2. The number of hydrogen-bond acceptors (Lipinski definition) is 8. The van der Waals surface area contributed by atoms with Crippen LogP contribution in [0.1, 0.15) is 44.4 Å². The monoisotopic (exact) mass is 559 g/mol. The maximum atomic E-state index is 13.2. The third kappa shape index (κ3) is 10.7. The molecule has 14 heteroatoms. The van der Waals surface area contributed by atoms with Crippen molar-refractivity contribution in [3.05, 3.63) is 48.0 Å². The Bertz CT molecular complexity index is 1150. The molecule has 2 aromatic rings. The van der Waals surface area contributed by atoms with Gasteiger partial charge in [-0.3, -0.25) is 19.2 Å². The normalized spacial score (nSPS) is 14.0. The molecule has 1 aromatic carbocycles. The molecular weight excluding hydrogens is 522 g/mol. The summed E-state index contributed by atoms with van der Waals surface area (Å²) in [5.41, 5.74) is 12.4. The number of nitrogens with one attached hydrogen (secondary N) is 4. The number of carboxylic acid groups (broad SMARTS) is 1. The first-order valence-electron chi connectivity index (χ1n) is 12.8. The molecule has 218 valence electrons. The van der Waals surface area contributed by atoms with Crippen molar-refractivity contribution in [1.29, 1.82) is 0 Å². The number of nitrogens with two attached hydrogens (primary N) is 2. The van der Waals surface area contributed by atoms with Crippen LogP contribution in [0.25, 0.3) is 0 Å². The van der Waals surface area contributed by atoms with Gasteiger partial charge in [-0.1, -0.05) is 26.0 Å². The number of phenolic OH excluding ortho intramolecular Hbond substituents is 1. The minimum atomic E-state index is -1.31. The van der Waals surface area contributed by atoms with E-state index < -0.39 is 53.8 Å². The molecular formula is C26H37N7O7. The molecule has 0 fully saturated rings. The van der Waals surface area contributed by atoms with Crippen molar-refractivity contribution in [2.75, 3.05) is 0 Å². The number of carbonyl (C=O) groups is 5. The number of H-pyrrole nitrogens is 1. The topological polar surface area (TPSA) is 243 Å². The van der Waals surface area contributed by atoms with E-state index in [1.807, 2.05) is 13.8 Å². The molecule has 4 amide bonds. The van der Waals surface area contributed by atoms with Crippen LogP contribution in [-0.4, -0.2) is 73.9 Å². The quantitative estimate of drug-likeness (QED) is 0.127. The Hall–Kier alpha value is -4.46. The summed E-state index contributed by atoms with van der Waals surface area (Å²) < 4.78 is 0. The number of phenols is 1. The summed E-state index contributed by atoms with van der Waals surface area (Å²) in [6.07, 6.45) is 2.80. The summed E-state index contributed by atoms with van der Waals surface area (Å²) in [4.78, 5) is 69.0. The molecule has 0 aliphatic carbocycles. The van der Waals surface area contributed by atoms with Gasteiger partial charge in [-0.05, 0) is 36.5 Å². The second-order valence-corrected chi connectivity index (χ2v) is 9.91. The fraction of sp³-hybridized carbons (Fsp3) is 0.462. The van der Waals surface area contributed by atoms with Crippen LogP contribution < -0.4 is 27.4 Å². The number of nitrogens with zero attached hydrogens (tertiary/aromatic N) is 1. The fourth-order valence-corrected chi connectivity index (χ4v) is 3.88. The van der Waals surface area contributed by atoms with Gasteiger partial charge in [0.25, 0.3) is 0 Å². The molecule has 0 saturated heterocycles. The van der Waals surface area contributed by atoms with Gasteiger partial charge < -0.3 is 42.6 Å². The summed E-state index contributed by atoms with van der Waals surface area (Å²) in [5, 5.41) is 26.7. The van der Waals surface area contributed by atoms with Gasteiger partial charge in [0.15, 0.2) is 0 Å². The zero-order valence-electron chi connectivity index (χ0n) is 22.4. The van der Waals surface area contributed by atoms with E-state index in [1.165, 1.54) is 36.8 Å². The summed E-state index contributed by atoms with van der Waals surface area (Å²) >= 11 is 0. The Morgan fingerprint density at radius 1 is 0.925 bits per heavy atom. The molecule has 0 aliphatic heterocycles. The Morgan fingerprint density at radius 3 is 2.08 bits per heavy atom. The number of carbonyl (C=O) groups excluding carboxylic acids is 4. The highest BCUT2D eigenvalue weighted by Gasteiger charge is 2.31. The van der Waals surface area contributed by atoms with Gasteiger partial charge in [0.2, 0.25) is 23.6 Å². The smallest absolute Gasteiger partial charge is 0.326 e. The van der Waals surface area contributed by atoms with E-state index in [2.05, 4.69) is 25.9 Å². The van der Waals surface area contributed by atoms with Crippen LogP contribution in [0.3, 0.4) is 0 Å². The van der Waals surface area contributed by atoms with Crippen molar-refractivity contribution in [1.82, 2.24) is 25.9 Å². The van der Waals surface area contributed by atoms with Crippen LogP contribution in [0.4, 0.5) is 0 Å². The zero-order valence-corrected chi connectivity index (χ0v) is 22.4. The number of benzene rings is 1. The lowest BCUT2D eigenvalue weighted by atomic mass is 10.0. The summed E-state index contributed by atoms with van der Waals surface area (Å²) in [6, 6.07) is 1.16. The van der Waals surface area contributed by atoms with Crippen molar-refractivity contribution in [3.8, 4) is 5.75 Å². The van der Waals surface area contributed by atoms with Crippen LogP contribution in [0.5, 0.6) is 5.75 Å². The number of imidazole rings is 1. The number of aromatic amines is 1. The van der Waals surface area contributed by atoms with Crippen LogP contribution in [-0.2, 0) is 36.8 Å². The van der Waals surface area contributed by atoms with Gasteiger partial charge in [-0.15, -0.1) is 0 Å². The molecule has 14 nitrogen and oxygen atoms in total. The predicted octanol–water partition coefficient (Wildman–Crippen LogP) is -0.922. The fourth-order valence-electron chi connectivity index (χ4n) is 3.88. The molecule has 40 heavy (non-hydrogen) atoms. The van der Waals surface area contributed by atoms with E-state index in [0.717, 1.165) is 0 Å². The van der Waals surface area contributed by atoms with Gasteiger partial charge in [0, 0.05) is 31.2 Å². The molecule has 2 rings (SSSR count). The van der Waals surface area contributed by atoms with E-state index >= 15 is 0 Å². The van der Waals surface area contributed by atoms with Crippen LogP contribution >= 0.6 is 0 Å². The van der Waals surface area contributed by atoms with Crippen LogP contribution in [0, 0.1) is 5.92 Å². The summed E-state index contributed by atoms with van der Waals surface area (Å²) in [5.74, 6) is -4.18. The van der Waals surface area contributed by atoms with E-state index in [0.29, 0.717) is 11.3 Å². The average Bonchev–Trinajstić information content (AvgIpc) is 3.39. The number of rotatable bonds is 16. The second-order valence-electron chi connectivity index (χ2n) is 9.91. The van der Waals surface area contributed by atoms with Crippen molar-refractivity contribution < 1.29 is 34.2 Å². The highest BCUT2D eigenvalue weighted by molar-refractivity contribution is 5.94. The van der Waals surface area contributed by atoms with E-state index in [4.69, 9.17) is 11.5 Å². The summed E-state index contributed by atoms with van der Waals surface area (Å²) in [7, 11) is 0. The predicted molar refractivity (Wildman–Crippen MR) is 143 cm³/mol. The van der Waals surface area contributed by atoms with Gasteiger partial charge in [0.1, 0.15) is 23.9 Å². The summed E-state index contributed by atoms with van der Waals surface area (Å²) in [6.45, 7) is 3.64. The molecule has 4 unspecified atom stereocenters. The van der Waals surface area contributed by atoms with Crippen LogP contribution in [0.2, 0.25) is 0 Å². The molecule has 10 N–H and O–H groups in total. The first-order chi connectivity index (χ1) is 18.8. The first-order valence-corrected chi connectivity index (χ1v) is 12.8. The highest BCUT2D eigenvalue weighted by atomic mass is 16.4. The molecule has 0 radical (unpaired) electrons. The minimum absolute atomic E-state index is 0.0135. The Morgan fingerprint density at radius 2 is 1.52 bits per heavy atom. The number of aliphatic carboxylic acids is 1. The second kappa shape index (κ2) is 15.2. The molecule has 0 saturated carbocycles. The molecule has 4 atom stereocenters. The van der Waals surface area contributed by atoms with E-state index in [-0.39, 0.29) is 43.8 Å². The molecule has 0 spiro atoms. The molecule has 0 bridgehead atoms. The maximum Gasteiger partial charge on any atom is 0.326 e. The van der Waals surface area contributed by atoms with Crippen LogP contribution in [0.15, 0.2) is 36.8 Å². The highest BCUT2D eigenvalue weighted by Crippen LogP contribution is 2.13. The maximum absolute atomic E-state index is 13.2. The molecule has 1 aromatic heterocycles. The van der Waals surface area contributed by atoms with Crippen molar-refractivity contribution in [2.45, 2.75) is 70.1 Å². The van der Waals surface area contributed by atoms with Crippen molar-refractivity contribution >= 4 is 29.6 Å². The minimum Gasteiger partial charge on any atom is -0.508 e. The average molecular weight is 560 g/mol. The lowest BCUT2D eigenvalue weighted by Crippen LogP contribution is -2.57. The number of hydrogen-bond donors (Lipinski definition) is 8. The molecule has 0 aliphatic rings. The van der Waals surface area contributed by atoms with E-state index in [9.17, 15) is 34.2 Å². The third-order valence-corrected chi connectivity index (χ3v) is 5.97. The number of aromatic hydroxyl groups is 1.